The Balaban J connectivity index is 1.72. The average molecular weight is 541 g/mol. The zero-order chi connectivity index (χ0) is 23.6. The van der Waals surface area contributed by atoms with Crippen LogP contribution >= 0.6 is 27.5 Å². The molecule has 0 aliphatic carbocycles. The van der Waals surface area contributed by atoms with E-state index in [1.165, 1.54) is 13.1 Å². The zero-order valence-electron chi connectivity index (χ0n) is 17.1. The number of para-hydroxylation sites is 1. The number of halogens is 2. The molecule has 9 heteroatoms. The predicted molar refractivity (Wildman–Crippen MR) is 132 cm³/mol. The highest BCUT2D eigenvalue weighted by molar-refractivity contribution is 9.10. The summed E-state index contributed by atoms with van der Waals surface area (Å²) in [7, 11) is -4.04. The molecule has 4 aromatic rings. The number of carbonyl (C=O) groups is 1. The van der Waals surface area contributed by atoms with E-state index < -0.39 is 10.0 Å². The second-order valence-corrected chi connectivity index (χ2v) is 9.83. The molecule has 164 valence electrons. The summed E-state index contributed by atoms with van der Waals surface area (Å²) in [6.45, 7) is 1.44. The Labute approximate surface area is 204 Å². The molecule has 2 aromatic carbocycles. The van der Waals surface area contributed by atoms with Gasteiger partial charge in [0.2, 0.25) is 0 Å². The van der Waals surface area contributed by atoms with E-state index in [2.05, 4.69) is 42.5 Å². The molecule has 2 heterocycles. The Bertz CT molecular complexity index is 1550. The molecule has 0 saturated carbocycles. The van der Waals surface area contributed by atoms with Crippen molar-refractivity contribution >= 4 is 59.9 Å². The number of hydrogen-bond donors (Lipinski definition) is 1. The lowest BCUT2D eigenvalue weighted by Crippen LogP contribution is -2.15. The smallest absolute Gasteiger partial charge is 0.265 e. The van der Waals surface area contributed by atoms with Gasteiger partial charge in [-0.1, -0.05) is 41.6 Å². The van der Waals surface area contributed by atoms with Gasteiger partial charge in [-0.3, -0.25) is 14.5 Å². The molecule has 0 aliphatic heterocycles. The second kappa shape index (κ2) is 9.32. The fourth-order valence-electron chi connectivity index (χ4n) is 3.06. The topological polar surface area (TPSA) is 89.0 Å². The van der Waals surface area contributed by atoms with Gasteiger partial charge in [-0.2, -0.15) is 0 Å². The number of sulfonamides is 1. The number of nitrogens with zero attached hydrogens (tertiary/aromatic N) is 2. The Hall–Kier alpha value is -3.25. The van der Waals surface area contributed by atoms with Crippen molar-refractivity contribution in [3.8, 4) is 11.8 Å². The van der Waals surface area contributed by atoms with E-state index in [1.807, 2.05) is 0 Å². The van der Waals surface area contributed by atoms with Crippen LogP contribution in [0.4, 0.5) is 5.69 Å². The number of nitrogens with one attached hydrogen (secondary N) is 1. The van der Waals surface area contributed by atoms with Crippen LogP contribution in [0.3, 0.4) is 0 Å². The molecule has 0 spiro atoms. The minimum atomic E-state index is -4.04. The number of carbonyl (C=O) groups excluding carboxylic acids is 1. The van der Waals surface area contributed by atoms with Gasteiger partial charge in [-0.25, -0.2) is 13.4 Å². The largest absolute Gasteiger partial charge is 0.293 e. The molecule has 33 heavy (non-hydrogen) atoms. The van der Waals surface area contributed by atoms with Crippen LogP contribution in [0.1, 0.15) is 28.5 Å². The van der Waals surface area contributed by atoms with Crippen LogP contribution in [0.2, 0.25) is 5.15 Å². The van der Waals surface area contributed by atoms with Crippen molar-refractivity contribution in [3.05, 3.63) is 93.3 Å². The van der Waals surface area contributed by atoms with Gasteiger partial charge in [-0.15, -0.1) is 0 Å². The van der Waals surface area contributed by atoms with Crippen molar-refractivity contribution in [1.82, 2.24) is 9.97 Å². The van der Waals surface area contributed by atoms with Crippen LogP contribution in [-0.2, 0) is 10.0 Å². The normalized spacial score (nSPS) is 11.0. The van der Waals surface area contributed by atoms with Crippen molar-refractivity contribution in [1.29, 1.82) is 0 Å². The molecular weight excluding hydrogens is 526 g/mol. The molecule has 0 atom stereocenters. The van der Waals surface area contributed by atoms with Crippen LogP contribution in [0.5, 0.6) is 0 Å². The summed E-state index contributed by atoms with van der Waals surface area (Å²) in [5, 5.41) is 0.824. The van der Waals surface area contributed by atoms with E-state index in [4.69, 9.17) is 11.6 Å². The van der Waals surface area contributed by atoms with Gasteiger partial charge >= 0.3 is 0 Å². The Kier molecular flexibility index (Phi) is 6.47. The molecule has 6 nitrogen and oxygen atoms in total. The lowest BCUT2D eigenvalue weighted by atomic mass is 10.1. The van der Waals surface area contributed by atoms with Crippen LogP contribution in [0, 0.1) is 11.8 Å². The Morgan fingerprint density at radius 1 is 1.03 bits per heavy atom. The molecule has 2 aromatic heterocycles. The van der Waals surface area contributed by atoms with E-state index in [0.717, 1.165) is 0 Å². The monoisotopic (exact) mass is 539 g/mol. The van der Waals surface area contributed by atoms with Crippen molar-refractivity contribution in [2.75, 3.05) is 4.72 Å². The van der Waals surface area contributed by atoms with Crippen LogP contribution in [-0.4, -0.2) is 24.2 Å². The SMILES string of the molecule is CC(=O)c1ccc(C#Cc2ccccc2NS(=O)(=O)c2c(Br)ccc3ccc(Cl)nc23)cn1. The molecule has 0 amide bonds. The van der Waals surface area contributed by atoms with Gasteiger partial charge in [0.25, 0.3) is 10.0 Å². The van der Waals surface area contributed by atoms with E-state index in [-0.39, 0.29) is 21.3 Å². The lowest BCUT2D eigenvalue weighted by Gasteiger charge is -2.13. The minimum Gasteiger partial charge on any atom is -0.293 e. The van der Waals surface area contributed by atoms with Gasteiger partial charge in [0.1, 0.15) is 15.7 Å². The number of anilines is 1. The fourth-order valence-corrected chi connectivity index (χ4v) is 5.48. The molecule has 0 radical (unpaired) electrons. The third-order valence-electron chi connectivity index (χ3n) is 4.64. The molecule has 0 saturated heterocycles. The summed E-state index contributed by atoms with van der Waals surface area (Å²) in [4.78, 5) is 19.6. The van der Waals surface area contributed by atoms with Gasteiger partial charge in [-0.05, 0) is 58.4 Å². The second-order valence-electron chi connectivity index (χ2n) is 6.97. The highest BCUT2D eigenvalue weighted by Crippen LogP contribution is 2.32. The van der Waals surface area contributed by atoms with Gasteiger partial charge < -0.3 is 0 Å². The molecule has 0 fully saturated rings. The van der Waals surface area contributed by atoms with Gasteiger partial charge in [0.15, 0.2) is 5.78 Å². The van der Waals surface area contributed by atoms with Gasteiger partial charge in [0, 0.05) is 34.1 Å². The highest BCUT2D eigenvalue weighted by atomic mass is 79.9. The average Bonchev–Trinajstić information content (AvgIpc) is 2.78. The number of rotatable bonds is 4. The summed E-state index contributed by atoms with van der Waals surface area (Å²) in [5.74, 6) is 5.77. The first-order valence-electron chi connectivity index (χ1n) is 9.60. The standard InChI is InChI=1S/C24H15BrClN3O3S/c1-15(30)20-12-7-16(14-27-20)6-8-17-4-2-3-5-21(17)29-33(31,32)24-19(25)11-9-18-10-13-22(26)28-23(18)24/h2-5,7,9-14,29H,1H3. The number of pyridine rings is 2. The summed E-state index contributed by atoms with van der Waals surface area (Å²) >= 11 is 9.35. The predicted octanol–water partition coefficient (Wildman–Crippen LogP) is 5.45. The number of fused-ring (bicyclic) bond motifs is 1. The number of Topliss-reactive ketones (excluding diaryl/α,β-unsaturated/α-hetero) is 1. The first kappa shape index (κ1) is 22.9. The van der Waals surface area contributed by atoms with Crippen molar-refractivity contribution in [3.63, 3.8) is 0 Å². The number of aromatic nitrogens is 2. The summed E-state index contributed by atoms with van der Waals surface area (Å²) in [5.41, 5.74) is 1.98. The fraction of sp³-hybridized carbons (Fsp3) is 0.0417. The van der Waals surface area contributed by atoms with Crippen molar-refractivity contribution in [2.24, 2.45) is 0 Å². The molecule has 0 aliphatic rings. The summed E-state index contributed by atoms with van der Waals surface area (Å²) in [6, 6.07) is 16.8. The molecule has 4 rings (SSSR count). The number of hydrogen-bond acceptors (Lipinski definition) is 5. The summed E-state index contributed by atoms with van der Waals surface area (Å²) in [6.07, 6.45) is 1.50. The van der Waals surface area contributed by atoms with E-state index in [0.29, 0.717) is 32.4 Å². The Morgan fingerprint density at radius 3 is 2.52 bits per heavy atom. The van der Waals surface area contributed by atoms with Crippen molar-refractivity contribution < 1.29 is 13.2 Å². The van der Waals surface area contributed by atoms with E-state index in [9.17, 15) is 13.2 Å². The lowest BCUT2D eigenvalue weighted by molar-refractivity contribution is 0.101. The molecular formula is C24H15BrClN3O3S. The van der Waals surface area contributed by atoms with Gasteiger partial charge in [0.05, 0.1) is 11.2 Å². The maximum Gasteiger partial charge on any atom is 0.265 e. The van der Waals surface area contributed by atoms with Crippen LogP contribution in [0.25, 0.3) is 10.9 Å². The van der Waals surface area contributed by atoms with E-state index in [1.54, 1.807) is 60.7 Å². The van der Waals surface area contributed by atoms with Crippen LogP contribution < -0.4 is 4.72 Å². The zero-order valence-corrected chi connectivity index (χ0v) is 20.3. The first-order chi connectivity index (χ1) is 15.7. The third-order valence-corrected chi connectivity index (χ3v) is 7.21. The van der Waals surface area contributed by atoms with E-state index >= 15 is 0 Å². The molecule has 0 unspecified atom stereocenters. The highest BCUT2D eigenvalue weighted by Gasteiger charge is 2.23. The number of ketones is 1. The Morgan fingerprint density at radius 2 is 1.79 bits per heavy atom. The minimum absolute atomic E-state index is 0.0192. The summed E-state index contributed by atoms with van der Waals surface area (Å²) < 4.78 is 29.7. The number of benzene rings is 2. The van der Waals surface area contributed by atoms with Crippen LogP contribution in [0.15, 0.2) is 76.2 Å². The first-order valence-corrected chi connectivity index (χ1v) is 12.3. The maximum absolute atomic E-state index is 13.4. The molecule has 0 bridgehead atoms. The van der Waals surface area contributed by atoms with Crippen molar-refractivity contribution in [2.45, 2.75) is 11.8 Å². The quantitative estimate of drug-likeness (QED) is 0.211. The maximum atomic E-state index is 13.4. The third kappa shape index (κ3) is 5.06. The molecule has 1 N–H and O–H groups in total.